The first-order valence-corrected chi connectivity index (χ1v) is 6.67. The molecule has 0 aliphatic carbocycles. The molecule has 0 aliphatic heterocycles. The van der Waals surface area contributed by atoms with E-state index in [0.717, 1.165) is 23.4 Å². The fourth-order valence-corrected chi connectivity index (χ4v) is 1.90. The van der Waals surface area contributed by atoms with Gasteiger partial charge in [-0.25, -0.2) is 0 Å². The molecule has 1 aromatic carbocycles. The fraction of sp³-hybridized carbons (Fsp3) is 0.312. The van der Waals surface area contributed by atoms with Gasteiger partial charge in [0.15, 0.2) is 11.5 Å². The van der Waals surface area contributed by atoms with Gasteiger partial charge in [-0.3, -0.25) is 4.98 Å². The molecule has 0 fully saturated rings. The van der Waals surface area contributed by atoms with Gasteiger partial charge < -0.3 is 15.2 Å². The van der Waals surface area contributed by atoms with Crippen molar-refractivity contribution in [2.45, 2.75) is 19.4 Å². The summed E-state index contributed by atoms with van der Waals surface area (Å²) in [4.78, 5) is 4.26. The van der Waals surface area contributed by atoms with Crippen LogP contribution in [-0.4, -0.2) is 18.7 Å². The highest BCUT2D eigenvalue weighted by molar-refractivity contribution is 5.43. The number of methoxy groups -OCH3 is 1. The molecule has 0 spiro atoms. The van der Waals surface area contributed by atoms with Gasteiger partial charge in [-0.1, -0.05) is 12.1 Å². The van der Waals surface area contributed by atoms with Gasteiger partial charge >= 0.3 is 0 Å². The second kappa shape index (κ2) is 6.91. The van der Waals surface area contributed by atoms with E-state index in [4.69, 9.17) is 15.2 Å². The van der Waals surface area contributed by atoms with Crippen LogP contribution in [0.15, 0.2) is 42.6 Å². The van der Waals surface area contributed by atoms with Crippen LogP contribution in [0.2, 0.25) is 0 Å². The summed E-state index contributed by atoms with van der Waals surface area (Å²) < 4.78 is 11.1. The molecule has 20 heavy (non-hydrogen) atoms. The Hall–Kier alpha value is -2.07. The Labute approximate surface area is 119 Å². The summed E-state index contributed by atoms with van der Waals surface area (Å²) in [5, 5.41) is 0. The van der Waals surface area contributed by atoms with E-state index in [0.29, 0.717) is 12.4 Å². The molecule has 2 rings (SSSR count). The Morgan fingerprint density at radius 3 is 2.70 bits per heavy atom. The van der Waals surface area contributed by atoms with Crippen molar-refractivity contribution in [2.24, 2.45) is 5.73 Å². The van der Waals surface area contributed by atoms with Crippen molar-refractivity contribution < 1.29 is 9.47 Å². The van der Waals surface area contributed by atoms with Crippen LogP contribution in [0.3, 0.4) is 0 Å². The van der Waals surface area contributed by atoms with Crippen molar-refractivity contribution in [1.29, 1.82) is 0 Å². The molecule has 1 aromatic heterocycles. The van der Waals surface area contributed by atoms with E-state index in [1.165, 1.54) is 0 Å². The number of aromatic nitrogens is 1. The molecule has 1 heterocycles. The highest BCUT2D eigenvalue weighted by atomic mass is 16.5. The van der Waals surface area contributed by atoms with E-state index in [2.05, 4.69) is 4.98 Å². The van der Waals surface area contributed by atoms with Crippen LogP contribution in [0.4, 0.5) is 0 Å². The number of ether oxygens (including phenoxy) is 2. The molecule has 1 atom stereocenters. The standard InChI is InChI=1S/C16H20N2O2/c1-12(17)13-6-7-15(16(11-13)19-2)20-10-8-14-5-3-4-9-18-14/h3-7,9,11-12H,8,10,17H2,1-2H3/t12-/m0/s1. The maximum absolute atomic E-state index is 5.86. The highest BCUT2D eigenvalue weighted by Gasteiger charge is 2.08. The van der Waals surface area contributed by atoms with Gasteiger partial charge in [-0.15, -0.1) is 0 Å². The minimum Gasteiger partial charge on any atom is -0.493 e. The normalized spacial score (nSPS) is 11.9. The van der Waals surface area contributed by atoms with Crippen LogP contribution in [0.1, 0.15) is 24.2 Å². The van der Waals surface area contributed by atoms with Gasteiger partial charge in [0.05, 0.1) is 13.7 Å². The molecular formula is C16H20N2O2. The topological polar surface area (TPSA) is 57.4 Å². The number of nitrogens with two attached hydrogens (primary N) is 1. The van der Waals surface area contributed by atoms with Crippen molar-refractivity contribution >= 4 is 0 Å². The zero-order valence-electron chi connectivity index (χ0n) is 11.9. The Kier molecular flexibility index (Phi) is 4.96. The monoisotopic (exact) mass is 272 g/mol. The molecular weight excluding hydrogens is 252 g/mol. The number of benzene rings is 1. The lowest BCUT2D eigenvalue weighted by Gasteiger charge is -2.13. The first-order chi connectivity index (χ1) is 9.70. The first-order valence-electron chi connectivity index (χ1n) is 6.67. The summed E-state index contributed by atoms with van der Waals surface area (Å²) in [6, 6.07) is 11.6. The maximum Gasteiger partial charge on any atom is 0.161 e. The van der Waals surface area contributed by atoms with Crippen molar-refractivity contribution in [3.05, 3.63) is 53.9 Å². The van der Waals surface area contributed by atoms with Gasteiger partial charge in [0, 0.05) is 24.4 Å². The molecule has 106 valence electrons. The third kappa shape index (κ3) is 3.71. The van der Waals surface area contributed by atoms with Crippen molar-refractivity contribution in [3.8, 4) is 11.5 Å². The third-order valence-electron chi connectivity index (χ3n) is 3.06. The highest BCUT2D eigenvalue weighted by Crippen LogP contribution is 2.29. The molecule has 0 bridgehead atoms. The molecule has 0 aliphatic rings. The average Bonchev–Trinajstić information content (AvgIpc) is 2.48. The zero-order chi connectivity index (χ0) is 14.4. The van der Waals surface area contributed by atoms with Crippen LogP contribution in [0, 0.1) is 0 Å². The minimum atomic E-state index is -0.0218. The Bertz CT molecular complexity index is 541. The first kappa shape index (κ1) is 14.3. The van der Waals surface area contributed by atoms with E-state index >= 15 is 0 Å². The van der Waals surface area contributed by atoms with E-state index in [9.17, 15) is 0 Å². The summed E-state index contributed by atoms with van der Waals surface area (Å²) in [6.07, 6.45) is 2.55. The second-order valence-electron chi connectivity index (χ2n) is 4.62. The van der Waals surface area contributed by atoms with E-state index in [1.807, 2.05) is 43.3 Å². The van der Waals surface area contributed by atoms with Crippen LogP contribution in [0.25, 0.3) is 0 Å². The van der Waals surface area contributed by atoms with Crippen LogP contribution < -0.4 is 15.2 Å². The lowest BCUT2D eigenvalue weighted by Crippen LogP contribution is -2.07. The lowest BCUT2D eigenvalue weighted by atomic mass is 10.1. The molecule has 0 unspecified atom stereocenters. The van der Waals surface area contributed by atoms with Crippen molar-refractivity contribution in [3.63, 3.8) is 0 Å². The predicted molar refractivity (Wildman–Crippen MR) is 79.0 cm³/mol. The number of nitrogens with zero attached hydrogens (tertiary/aromatic N) is 1. The number of hydrogen-bond acceptors (Lipinski definition) is 4. The van der Waals surface area contributed by atoms with Gasteiger partial charge in [-0.2, -0.15) is 0 Å². The predicted octanol–water partition coefficient (Wildman–Crippen LogP) is 2.73. The molecule has 0 saturated carbocycles. The van der Waals surface area contributed by atoms with Gasteiger partial charge in [0.2, 0.25) is 0 Å². The molecule has 4 nitrogen and oxygen atoms in total. The smallest absolute Gasteiger partial charge is 0.161 e. The molecule has 0 amide bonds. The summed E-state index contributed by atoms with van der Waals surface area (Å²) in [6.45, 7) is 2.50. The van der Waals surface area contributed by atoms with Gasteiger partial charge in [0.25, 0.3) is 0 Å². The maximum atomic E-state index is 5.86. The Morgan fingerprint density at radius 1 is 1.20 bits per heavy atom. The molecule has 2 N–H and O–H groups in total. The van der Waals surface area contributed by atoms with Crippen molar-refractivity contribution in [1.82, 2.24) is 4.98 Å². The van der Waals surface area contributed by atoms with Crippen LogP contribution >= 0.6 is 0 Å². The van der Waals surface area contributed by atoms with Crippen molar-refractivity contribution in [2.75, 3.05) is 13.7 Å². The fourth-order valence-electron chi connectivity index (χ4n) is 1.90. The van der Waals surface area contributed by atoms with Crippen LogP contribution in [0.5, 0.6) is 11.5 Å². The van der Waals surface area contributed by atoms with Gasteiger partial charge in [0.1, 0.15) is 0 Å². The quantitative estimate of drug-likeness (QED) is 0.878. The Balaban J connectivity index is 1.99. The molecule has 0 saturated heterocycles. The second-order valence-corrected chi connectivity index (χ2v) is 4.62. The summed E-state index contributed by atoms with van der Waals surface area (Å²) >= 11 is 0. The minimum absolute atomic E-state index is 0.0218. The van der Waals surface area contributed by atoms with E-state index < -0.39 is 0 Å². The number of hydrogen-bond donors (Lipinski definition) is 1. The Morgan fingerprint density at radius 2 is 2.05 bits per heavy atom. The number of pyridine rings is 1. The van der Waals surface area contributed by atoms with E-state index in [1.54, 1.807) is 13.3 Å². The average molecular weight is 272 g/mol. The molecule has 4 heteroatoms. The zero-order valence-corrected chi connectivity index (χ0v) is 11.9. The molecule has 2 aromatic rings. The van der Waals surface area contributed by atoms with Crippen LogP contribution in [-0.2, 0) is 6.42 Å². The largest absolute Gasteiger partial charge is 0.493 e. The summed E-state index contributed by atoms with van der Waals surface area (Å²) in [7, 11) is 1.63. The van der Waals surface area contributed by atoms with Gasteiger partial charge in [-0.05, 0) is 36.8 Å². The summed E-state index contributed by atoms with van der Waals surface area (Å²) in [5.41, 5.74) is 7.90. The lowest BCUT2D eigenvalue weighted by molar-refractivity contribution is 0.296. The SMILES string of the molecule is COc1cc([C@H](C)N)ccc1OCCc1ccccn1. The number of rotatable bonds is 6. The molecule has 0 radical (unpaired) electrons. The summed E-state index contributed by atoms with van der Waals surface area (Å²) in [5.74, 6) is 1.44. The third-order valence-corrected chi connectivity index (χ3v) is 3.06. The van der Waals surface area contributed by atoms with E-state index in [-0.39, 0.29) is 6.04 Å².